The highest BCUT2D eigenvalue weighted by Crippen LogP contribution is 2.44. The normalized spacial score (nSPS) is 18.0. The number of piperazine rings is 1. The largest absolute Gasteiger partial charge is 0.457 e. The second-order valence-electron chi connectivity index (χ2n) is 6.60. The summed E-state index contributed by atoms with van der Waals surface area (Å²) in [4.78, 5) is 15.1. The van der Waals surface area contributed by atoms with E-state index in [9.17, 15) is 13.2 Å². The first-order chi connectivity index (χ1) is 12.4. The molecule has 6 nitrogen and oxygen atoms in total. The van der Waals surface area contributed by atoms with E-state index in [1.54, 1.807) is 4.90 Å². The van der Waals surface area contributed by atoms with Crippen molar-refractivity contribution in [2.45, 2.75) is 5.92 Å². The van der Waals surface area contributed by atoms with E-state index in [2.05, 4.69) is 0 Å². The Morgan fingerprint density at radius 3 is 1.92 bits per heavy atom. The zero-order valence-corrected chi connectivity index (χ0v) is 15.3. The van der Waals surface area contributed by atoms with Crippen LogP contribution in [0.25, 0.3) is 0 Å². The van der Waals surface area contributed by atoms with Crippen LogP contribution in [0.4, 0.5) is 0 Å². The Bertz CT molecular complexity index is 904. The molecule has 2 heterocycles. The average molecular weight is 372 g/mol. The first kappa shape index (κ1) is 17.1. The van der Waals surface area contributed by atoms with Crippen LogP contribution in [0.1, 0.15) is 17.0 Å². The van der Waals surface area contributed by atoms with E-state index in [1.165, 1.54) is 10.6 Å². The number of benzene rings is 2. The molecule has 0 radical (unpaired) electrons. The van der Waals surface area contributed by atoms with Crippen LogP contribution in [0.5, 0.6) is 11.5 Å². The van der Waals surface area contributed by atoms with Gasteiger partial charge in [0.2, 0.25) is 15.9 Å². The van der Waals surface area contributed by atoms with E-state index in [1.807, 2.05) is 48.5 Å². The predicted molar refractivity (Wildman–Crippen MR) is 97.8 cm³/mol. The summed E-state index contributed by atoms with van der Waals surface area (Å²) >= 11 is 0. The minimum atomic E-state index is -3.22. The zero-order chi connectivity index (χ0) is 18.3. The number of hydrogen-bond donors (Lipinski definition) is 0. The van der Waals surface area contributed by atoms with E-state index < -0.39 is 15.9 Å². The number of para-hydroxylation sites is 2. The second-order valence-corrected chi connectivity index (χ2v) is 8.58. The van der Waals surface area contributed by atoms with Gasteiger partial charge in [-0.1, -0.05) is 36.4 Å². The molecule has 0 atom stereocenters. The van der Waals surface area contributed by atoms with Gasteiger partial charge in [0.1, 0.15) is 11.5 Å². The van der Waals surface area contributed by atoms with Crippen molar-refractivity contribution in [1.82, 2.24) is 9.21 Å². The molecule has 0 saturated carbocycles. The Hall–Kier alpha value is -2.38. The van der Waals surface area contributed by atoms with E-state index >= 15 is 0 Å². The second kappa shape index (κ2) is 6.41. The number of hydrogen-bond acceptors (Lipinski definition) is 4. The number of carbonyl (C=O) groups is 1. The average Bonchev–Trinajstić information content (AvgIpc) is 2.65. The van der Waals surface area contributed by atoms with Gasteiger partial charge in [-0.15, -0.1) is 0 Å². The van der Waals surface area contributed by atoms with Gasteiger partial charge in [-0.05, 0) is 12.1 Å². The lowest BCUT2D eigenvalue weighted by Crippen LogP contribution is -2.51. The first-order valence-electron chi connectivity index (χ1n) is 8.55. The lowest BCUT2D eigenvalue weighted by atomic mass is 9.86. The Balaban J connectivity index is 1.65. The third-order valence-electron chi connectivity index (χ3n) is 4.95. The van der Waals surface area contributed by atoms with E-state index in [-0.39, 0.29) is 5.91 Å². The minimum absolute atomic E-state index is 0.0126. The molecule has 1 amide bonds. The van der Waals surface area contributed by atoms with Crippen LogP contribution in [0, 0.1) is 0 Å². The highest BCUT2D eigenvalue weighted by Gasteiger charge is 2.36. The Morgan fingerprint density at radius 2 is 1.42 bits per heavy atom. The zero-order valence-electron chi connectivity index (χ0n) is 14.5. The molecule has 4 rings (SSSR count). The maximum atomic E-state index is 13.3. The third-order valence-corrected chi connectivity index (χ3v) is 6.25. The van der Waals surface area contributed by atoms with Crippen molar-refractivity contribution >= 4 is 15.9 Å². The standard InChI is InChI=1S/C19H20N2O4S/c1-26(23,24)21-12-10-20(11-13-21)19(22)18-14-6-2-4-8-16(14)25-17-9-5-3-7-15(17)18/h2-9,18H,10-13H2,1H3. The molecular formula is C19H20N2O4S. The highest BCUT2D eigenvalue weighted by molar-refractivity contribution is 7.88. The molecule has 7 heteroatoms. The lowest BCUT2D eigenvalue weighted by Gasteiger charge is -2.37. The van der Waals surface area contributed by atoms with Crippen LogP contribution in [-0.4, -0.2) is 56.0 Å². The van der Waals surface area contributed by atoms with Gasteiger partial charge in [-0.2, -0.15) is 4.31 Å². The van der Waals surface area contributed by atoms with Crippen molar-refractivity contribution in [2.75, 3.05) is 32.4 Å². The van der Waals surface area contributed by atoms with Crippen LogP contribution >= 0.6 is 0 Å². The fourth-order valence-electron chi connectivity index (χ4n) is 3.60. The Kier molecular flexibility index (Phi) is 4.20. The van der Waals surface area contributed by atoms with Crippen molar-refractivity contribution in [3.05, 3.63) is 59.7 Å². The van der Waals surface area contributed by atoms with Gasteiger partial charge in [-0.25, -0.2) is 8.42 Å². The number of sulfonamides is 1. The van der Waals surface area contributed by atoms with Gasteiger partial charge >= 0.3 is 0 Å². The fourth-order valence-corrected chi connectivity index (χ4v) is 4.43. The molecule has 1 saturated heterocycles. The molecule has 136 valence electrons. The lowest BCUT2D eigenvalue weighted by molar-refractivity contribution is -0.133. The van der Waals surface area contributed by atoms with Crippen LogP contribution in [0.15, 0.2) is 48.5 Å². The van der Waals surface area contributed by atoms with Gasteiger partial charge in [0.15, 0.2) is 0 Å². The number of fused-ring (bicyclic) bond motifs is 2. The summed E-state index contributed by atoms with van der Waals surface area (Å²) in [6.07, 6.45) is 1.20. The molecule has 0 aromatic heterocycles. The summed E-state index contributed by atoms with van der Waals surface area (Å²) in [5, 5.41) is 0. The fraction of sp³-hybridized carbons (Fsp3) is 0.316. The van der Waals surface area contributed by atoms with E-state index in [0.717, 1.165) is 11.1 Å². The summed E-state index contributed by atoms with van der Waals surface area (Å²) in [6.45, 7) is 1.45. The number of ether oxygens (including phenoxy) is 1. The van der Waals surface area contributed by atoms with Crippen LogP contribution < -0.4 is 4.74 Å². The molecule has 1 fully saturated rings. The molecule has 2 aromatic carbocycles. The molecular weight excluding hydrogens is 352 g/mol. The maximum Gasteiger partial charge on any atom is 0.234 e. The highest BCUT2D eigenvalue weighted by atomic mass is 32.2. The summed E-state index contributed by atoms with van der Waals surface area (Å²) in [6, 6.07) is 15.1. The van der Waals surface area contributed by atoms with E-state index in [4.69, 9.17) is 4.74 Å². The first-order valence-corrected chi connectivity index (χ1v) is 10.4. The molecule has 2 aliphatic rings. The smallest absolute Gasteiger partial charge is 0.234 e. The van der Waals surface area contributed by atoms with Crippen molar-refractivity contribution in [1.29, 1.82) is 0 Å². The molecule has 2 aliphatic heterocycles. The molecule has 0 N–H and O–H groups in total. The summed E-state index contributed by atoms with van der Waals surface area (Å²) in [5.41, 5.74) is 1.70. The summed E-state index contributed by atoms with van der Waals surface area (Å²) in [5.74, 6) is 0.945. The van der Waals surface area contributed by atoms with Crippen molar-refractivity contribution in [3.63, 3.8) is 0 Å². The quantitative estimate of drug-likeness (QED) is 0.809. The third kappa shape index (κ3) is 2.97. The summed E-state index contributed by atoms with van der Waals surface area (Å²) < 4.78 is 30.8. The Labute approximate surface area is 153 Å². The van der Waals surface area contributed by atoms with E-state index in [0.29, 0.717) is 37.7 Å². The van der Waals surface area contributed by atoms with Crippen molar-refractivity contribution in [3.8, 4) is 11.5 Å². The molecule has 0 unspecified atom stereocenters. The molecule has 0 bridgehead atoms. The van der Waals surface area contributed by atoms with Crippen LogP contribution in [-0.2, 0) is 14.8 Å². The number of amides is 1. The van der Waals surface area contributed by atoms with Crippen molar-refractivity contribution in [2.24, 2.45) is 0 Å². The van der Waals surface area contributed by atoms with Gasteiger partial charge in [0.25, 0.3) is 0 Å². The van der Waals surface area contributed by atoms with Gasteiger partial charge in [0.05, 0.1) is 12.2 Å². The summed E-state index contributed by atoms with van der Waals surface area (Å²) in [7, 11) is -3.22. The molecule has 0 aliphatic carbocycles. The number of nitrogens with zero attached hydrogens (tertiary/aromatic N) is 2. The predicted octanol–water partition coefficient (Wildman–Crippen LogP) is 2.03. The Morgan fingerprint density at radius 1 is 0.923 bits per heavy atom. The van der Waals surface area contributed by atoms with Gasteiger partial charge in [-0.3, -0.25) is 4.79 Å². The van der Waals surface area contributed by atoms with Gasteiger partial charge < -0.3 is 9.64 Å². The van der Waals surface area contributed by atoms with Gasteiger partial charge in [0, 0.05) is 37.3 Å². The van der Waals surface area contributed by atoms with Crippen LogP contribution in [0.3, 0.4) is 0 Å². The SMILES string of the molecule is CS(=O)(=O)N1CCN(C(=O)C2c3ccccc3Oc3ccccc32)CC1. The molecule has 26 heavy (non-hydrogen) atoms. The molecule has 0 spiro atoms. The number of carbonyl (C=O) groups excluding carboxylic acids is 1. The minimum Gasteiger partial charge on any atom is -0.457 e. The van der Waals surface area contributed by atoms with Crippen LogP contribution in [0.2, 0.25) is 0 Å². The monoisotopic (exact) mass is 372 g/mol. The topological polar surface area (TPSA) is 66.9 Å². The maximum absolute atomic E-state index is 13.3. The number of rotatable bonds is 2. The molecule has 2 aromatic rings. The van der Waals surface area contributed by atoms with Crippen molar-refractivity contribution < 1.29 is 17.9 Å².